The summed E-state index contributed by atoms with van der Waals surface area (Å²) in [6, 6.07) is 1.53. The van der Waals surface area contributed by atoms with Crippen LogP contribution in [-0.2, 0) is 0 Å². The van der Waals surface area contributed by atoms with E-state index in [0.717, 1.165) is 24.5 Å². The monoisotopic (exact) mass is 267 g/mol. The van der Waals surface area contributed by atoms with Gasteiger partial charge in [0.2, 0.25) is 0 Å². The Balaban J connectivity index is 1.91. The lowest BCUT2D eigenvalue weighted by molar-refractivity contribution is 0.0702. The second-order valence-corrected chi connectivity index (χ2v) is 6.53. The normalized spacial score (nSPS) is 31.6. The summed E-state index contributed by atoms with van der Waals surface area (Å²) in [5.41, 5.74) is 6.04. The molecular formula is C16H33N3. The highest BCUT2D eigenvalue weighted by Gasteiger charge is 2.31. The summed E-state index contributed by atoms with van der Waals surface area (Å²) < 4.78 is 0. The van der Waals surface area contributed by atoms with Crippen LogP contribution in [0.4, 0.5) is 0 Å². The van der Waals surface area contributed by atoms with E-state index < -0.39 is 0 Å². The Hall–Kier alpha value is -0.120. The van der Waals surface area contributed by atoms with Gasteiger partial charge in [0.1, 0.15) is 0 Å². The summed E-state index contributed by atoms with van der Waals surface area (Å²) in [4.78, 5) is 5.29. The Morgan fingerprint density at radius 2 is 1.74 bits per heavy atom. The maximum Gasteiger partial charge on any atom is 0.0135 e. The van der Waals surface area contributed by atoms with E-state index in [1.807, 2.05) is 0 Å². The number of nitrogens with zero attached hydrogens (tertiary/aromatic N) is 2. The largest absolute Gasteiger partial charge is 0.330 e. The van der Waals surface area contributed by atoms with Crippen LogP contribution in [-0.4, -0.2) is 55.1 Å². The molecule has 1 saturated carbocycles. The minimum atomic E-state index is 0.733. The number of hydrogen-bond donors (Lipinski definition) is 1. The molecule has 19 heavy (non-hydrogen) atoms. The van der Waals surface area contributed by atoms with E-state index in [1.165, 1.54) is 64.6 Å². The molecule has 0 radical (unpaired) electrons. The number of hydrogen-bond acceptors (Lipinski definition) is 3. The van der Waals surface area contributed by atoms with Gasteiger partial charge in [-0.15, -0.1) is 0 Å². The van der Waals surface area contributed by atoms with Crippen molar-refractivity contribution in [2.45, 2.75) is 64.0 Å². The van der Waals surface area contributed by atoms with E-state index >= 15 is 0 Å². The van der Waals surface area contributed by atoms with E-state index in [2.05, 4.69) is 23.8 Å². The number of likely N-dealkylation sites (tertiary alicyclic amines) is 1. The van der Waals surface area contributed by atoms with Gasteiger partial charge in [-0.2, -0.15) is 0 Å². The zero-order chi connectivity index (χ0) is 13.7. The molecule has 2 unspecified atom stereocenters. The molecule has 2 fully saturated rings. The summed E-state index contributed by atoms with van der Waals surface area (Å²) in [6.45, 7) is 6.94. The highest BCUT2D eigenvalue weighted by atomic mass is 15.2. The van der Waals surface area contributed by atoms with Crippen molar-refractivity contribution in [3.05, 3.63) is 0 Å². The van der Waals surface area contributed by atoms with Gasteiger partial charge in [-0.1, -0.05) is 26.2 Å². The Morgan fingerprint density at radius 1 is 1.05 bits per heavy atom. The van der Waals surface area contributed by atoms with E-state index in [-0.39, 0.29) is 0 Å². The first-order valence-corrected chi connectivity index (χ1v) is 8.40. The lowest BCUT2D eigenvalue weighted by Gasteiger charge is -2.42. The van der Waals surface area contributed by atoms with Crippen molar-refractivity contribution in [1.29, 1.82) is 0 Å². The quantitative estimate of drug-likeness (QED) is 0.793. The van der Waals surface area contributed by atoms with Crippen LogP contribution in [0.2, 0.25) is 0 Å². The van der Waals surface area contributed by atoms with Crippen molar-refractivity contribution in [2.75, 3.05) is 33.2 Å². The van der Waals surface area contributed by atoms with Gasteiger partial charge in [0, 0.05) is 12.1 Å². The molecule has 0 aromatic carbocycles. The topological polar surface area (TPSA) is 32.5 Å². The van der Waals surface area contributed by atoms with Crippen LogP contribution in [0.5, 0.6) is 0 Å². The summed E-state index contributed by atoms with van der Waals surface area (Å²) >= 11 is 0. The molecule has 0 aromatic rings. The number of rotatable bonds is 4. The summed E-state index contributed by atoms with van der Waals surface area (Å²) in [5.74, 6) is 0.733. The Bertz CT molecular complexity index is 248. The lowest BCUT2D eigenvalue weighted by Crippen LogP contribution is -2.50. The molecular weight excluding hydrogens is 234 g/mol. The highest BCUT2D eigenvalue weighted by molar-refractivity contribution is 4.87. The zero-order valence-corrected chi connectivity index (χ0v) is 13.0. The smallest absolute Gasteiger partial charge is 0.0135 e. The van der Waals surface area contributed by atoms with Crippen LogP contribution in [0.15, 0.2) is 0 Å². The molecule has 1 aliphatic heterocycles. The van der Waals surface area contributed by atoms with Crippen molar-refractivity contribution in [1.82, 2.24) is 9.80 Å². The van der Waals surface area contributed by atoms with Crippen molar-refractivity contribution in [3.63, 3.8) is 0 Å². The molecule has 3 nitrogen and oxygen atoms in total. The van der Waals surface area contributed by atoms with E-state index in [4.69, 9.17) is 5.73 Å². The predicted molar refractivity (Wildman–Crippen MR) is 82.3 cm³/mol. The van der Waals surface area contributed by atoms with Gasteiger partial charge < -0.3 is 15.5 Å². The molecule has 2 atom stereocenters. The van der Waals surface area contributed by atoms with Crippen LogP contribution >= 0.6 is 0 Å². The Morgan fingerprint density at radius 3 is 2.37 bits per heavy atom. The van der Waals surface area contributed by atoms with E-state index in [0.29, 0.717) is 0 Å². The molecule has 3 heteroatoms. The molecule has 0 spiro atoms. The van der Waals surface area contributed by atoms with Gasteiger partial charge in [0.05, 0.1) is 0 Å². The fourth-order valence-electron chi connectivity index (χ4n) is 4.09. The molecule has 0 bridgehead atoms. The Labute approximate surface area is 119 Å². The standard InChI is InChI=1S/C16H33N3/c1-3-19-11-9-15(10-12-19)18(2)16-8-6-4-5-7-14(16)13-17/h14-16H,3-13,17H2,1-2H3. The maximum atomic E-state index is 6.04. The second kappa shape index (κ2) is 7.61. The predicted octanol–water partition coefficient (Wildman–Crippen LogP) is 2.31. The molecule has 2 rings (SSSR count). The van der Waals surface area contributed by atoms with Crippen molar-refractivity contribution >= 4 is 0 Å². The first kappa shape index (κ1) is 15.3. The van der Waals surface area contributed by atoms with Gasteiger partial charge in [0.15, 0.2) is 0 Å². The third-order valence-corrected chi connectivity index (χ3v) is 5.53. The Kier molecular flexibility index (Phi) is 6.11. The van der Waals surface area contributed by atoms with Gasteiger partial charge in [0.25, 0.3) is 0 Å². The zero-order valence-electron chi connectivity index (χ0n) is 13.0. The van der Waals surface area contributed by atoms with Crippen LogP contribution in [0, 0.1) is 5.92 Å². The van der Waals surface area contributed by atoms with Crippen molar-refractivity contribution in [3.8, 4) is 0 Å². The number of piperidine rings is 1. The third-order valence-electron chi connectivity index (χ3n) is 5.53. The first-order chi connectivity index (χ1) is 9.26. The van der Waals surface area contributed by atoms with Gasteiger partial charge >= 0.3 is 0 Å². The van der Waals surface area contributed by atoms with Crippen molar-refractivity contribution < 1.29 is 0 Å². The molecule has 0 amide bonds. The fourth-order valence-corrected chi connectivity index (χ4v) is 4.09. The van der Waals surface area contributed by atoms with Gasteiger partial charge in [-0.25, -0.2) is 0 Å². The molecule has 2 aliphatic rings. The molecule has 112 valence electrons. The van der Waals surface area contributed by atoms with Crippen molar-refractivity contribution in [2.24, 2.45) is 11.7 Å². The molecule has 1 aliphatic carbocycles. The first-order valence-electron chi connectivity index (χ1n) is 8.40. The lowest BCUT2D eigenvalue weighted by atomic mass is 9.91. The van der Waals surface area contributed by atoms with Crippen LogP contribution < -0.4 is 5.73 Å². The summed E-state index contributed by atoms with van der Waals surface area (Å²) in [6.07, 6.45) is 9.61. The molecule has 1 heterocycles. The minimum absolute atomic E-state index is 0.733. The summed E-state index contributed by atoms with van der Waals surface area (Å²) in [5, 5.41) is 0. The fraction of sp³-hybridized carbons (Fsp3) is 1.00. The maximum absolute atomic E-state index is 6.04. The number of nitrogens with two attached hydrogens (primary N) is 1. The second-order valence-electron chi connectivity index (χ2n) is 6.53. The average Bonchev–Trinajstić information content (AvgIpc) is 2.71. The molecule has 2 N–H and O–H groups in total. The summed E-state index contributed by atoms with van der Waals surface area (Å²) in [7, 11) is 2.37. The van der Waals surface area contributed by atoms with Gasteiger partial charge in [-0.3, -0.25) is 0 Å². The molecule has 0 aromatic heterocycles. The molecule has 1 saturated heterocycles. The van der Waals surface area contributed by atoms with Crippen LogP contribution in [0.3, 0.4) is 0 Å². The van der Waals surface area contributed by atoms with E-state index in [9.17, 15) is 0 Å². The average molecular weight is 267 g/mol. The van der Waals surface area contributed by atoms with E-state index in [1.54, 1.807) is 0 Å². The third kappa shape index (κ3) is 3.93. The van der Waals surface area contributed by atoms with Gasteiger partial charge in [-0.05, 0) is 64.8 Å². The minimum Gasteiger partial charge on any atom is -0.330 e. The SMILES string of the molecule is CCN1CCC(N(C)C2CCCCCC2CN)CC1. The van der Waals surface area contributed by atoms with Crippen LogP contribution in [0.1, 0.15) is 51.9 Å². The highest BCUT2D eigenvalue weighted by Crippen LogP contribution is 2.29. The van der Waals surface area contributed by atoms with Crippen LogP contribution in [0.25, 0.3) is 0 Å².